The summed E-state index contributed by atoms with van der Waals surface area (Å²) in [4.78, 5) is 9.09. The Morgan fingerprint density at radius 1 is 1.00 bits per heavy atom. The topological polar surface area (TPSA) is 60.7 Å². The summed E-state index contributed by atoms with van der Waals surface area (Å²) in [6, 6.07) is 14.1. The maximum atomic E-state index is 13.2. The molecule has 2 heterocycles. The van der Waals surface area contributed by atoms with Crippen molar-refractivity contribution < 1.29 is 13.9 Å². The van der Waals surface area contributed by atoms with Crippen LogP contribution in [0.4, 0.5) is 10.2 Å². The van der Waals surface area contributed by atoms with Crippen molar-refractivity contribution in [3.05, 3.63) is 72.3 Å². The van der Waals surface area contributed by atoms with Crippen molar-refractivity contribution in [2.24, 2.45) is 0 Å². The summed E-state index contributed by atoms with van der Waals surface area (Å²) in [7, 11) is 0. The number of rotatable bonds is 8. The fraction of sp³-hybridized carbons (Fsp3) is 0.217. The smallest absolute Gasteiger partial charge is 0.235 e. The molecule has 6 nitrogen and oxygen atoms in total. The van der Waals surface area contributed by atoms with Gasteiger partial charge in [0.25, 0.3) is 0 Å². The van der Waals surface area contributed by atoms with Gasteiger partial charge in [0, 0.05) is 24.5 Å². The molecule has 0 bridgehead atoms. The molecule has 2 aromatic heterocycles. The fourth-order valence-electron chi connectivity index (χ4n) is 3.24. The van der Waals surface area contributed by atoms with E-state index < -0.39 is 0 Å². The molecule has 0 amide bonds. The van der Waals surface area contributed by atoms with Crippen LogP contribution in [0.15, 0.2) is 60.9 Å². The number of hydrogen-bond acceptors (Lipinski definition) is 5. The van der Waals surface area contributed by atoms with E-state index in [1.807, 2.05) is 48.7 Å². The summed E-state index contributed by atoms with van der Waals surface area (Å²) in [5, 5.41) is 3.43. The summed E-state index contributed by atoms with van der Waals surface area (Å²) in [5.74, 6) is 2.50. The maximum absolute atomic E-state index is 13.2. The van der Waals surface area contributed by atoms with Crippen molar-refractivity contribution in [2.45, 2.75) is 20.4 Å². The van der Waals surface area contributed by atoms with E-state index in [1.54, 1.807) is 18.3 Å². The quantitative estimate of drug-likeness (QED) is 0.449. The summed E-state index contributed by atoms with van der Waals surface area (Å²) >= 11 is 0. The predicted octanol–water partition coefficient (Wildman–Crippen LogP) is 4.94. The average Bonchev–Trinajstić information content (AvgIpc) is 3.13. The van der Waals surface area contributed by atoms with Gasteiger partial charge >= 0.3 is 0 Å². The number of benzene rings is 2. The van der Waals surface area contributed by atoms with E-state index in [9.17, 15) is 4.39 Å². The van der Waals surface area contributed by atoms with Crippen molar-refractivity contribution in [1.29, 1.82) is 0 Å². The van der Waals surface area contributed by atoms with Gasteiger partial charge in [0.05, 0.1) is 13.2 Å². The second kappa shape index (κ2) is 8.82. The summed E-state index contributed by atoms with van der Waals surface area (Å²) in [6.07, 6.45) is 3.61. The van der Waals surface area contributed by atoms with E-state index in [4.69, 9.17) is 14.5 Å². The number of ether oxygens (including phenoxy) is 2. The first-order chi connectivity index (χ1) is 14.7. The number of nitrogens with zero attached hydrogens (tertiary/aromatic N) is 3. The average molecular weight is 406 g/mol. The molecular formula is C23H23FN4O2. The monoisotopic (exact) mass is 406 g/mol. The molecular weight excluding hydrogens is 383 g/mol. The minimum Gasteiger partial charge on any atom is -0.490 e. The molecule has 0 spiro atoms. The molecule has 4 rings (SSSR count). The molecule has 0 aliphatic carbocycles. The molecule has 0 aliphatic rings. The van der Waals surface area contributed by atoms with Gasteiger partial charge in [-0.3, -0.25) is 4.40 Å². The maximum Gasteiger partial charge on any atom is 0.235 e. The van der Waals surface area contributed by atoms with Crippen molar-refractivity contribution in [3.8, 4) is 22.8 Å². The number of imidazole rings is 1. The highest BCUT2D eigenvalue weighted by Gasteiger charge is 2.17. The van der Waals surface area contributed by atoms with Crippen molar-refractivity contribution in [3.63, 3.8) is 0 Å². The van der Waals surface area contributed by atoms with Crippen LogP contribution < -0.4 is 14.8 Å². The van der Waals surface area contributed by atoms with Crippen LogP contribution in [0.25, 0.3) is 17.0 Å². The largest absolute Gasteiger partial charge is 0.490 e. The number of aromatic nitrogens is 3. The Bertz CT molecular complexity index is 1140. The van der Waals surface area contributed by atoms with Crippen LogP contribution in [-0.2, 0) is 6.54 Å². The van der Waals surface area contributed by atoms with E-state index in [1.165, 1.54) is 12.1 Å². The Kier molecular flexibility index (Phi) is 5.79. The van der Waals surface area contributed by atoms with Crippen molar-refractivity contribution >= 4 is 11.6 Å². The van der Waals surface area contributed by atoms with Gasteiger partial charge in [0.15, 0.2) is 11.5 Å². The molecule has 0 unspecified atom stereocenters. The van der Waals surface area contributed by atoms with Crippen molar-refractivity contribution in [1.82, 2.24) is 14.4 Å². The number of fused-ring (bicyclic) bond motifs is 1. The Labute approximate surface area is 174 Å². The number of anilines is 1. The highest BCUT2D eigenvalue weighted by Crippen LogP contribution is 2.35. The van der Waals surface area contributed by atoms with Gasteiger partial charge in [-0.25, -0.2) is 14.4 Å². The van der Waals surface area contributed by atoms with Gasteiger partial charge in [0.1, 0.15) is 17.3 Å². The zero-order valence-corrected chi connectivity index (χ0v) is 16.9. The van der Waals surface area contributed by atoms with Gasteiger partial charge in [-0.2, -0.15) is 0 Å². The van der Waals surface area contributed by atoms with Crippen LogP contribution in [0.2, 0.25) is 0 Å². The van der Waals surface area contributed by atoms with Gasteiger partial charge < -0.3 is 14.8 Å². The summed E-state index contributed by atoms with van der Waals surface area (Å²) in [5.41, 5.74) is 2.59. The van der Waals surface area contributed by atoms with E-state index >= 15 is 0 Å². The number of nitrogens with one attached hydrogen (secondary N) is 1. The van der Waals surface area contributed by atoms with E-state index in [-0.39, 0.29) is 5.82 Å². The minimum atomic E-state index is -0.253. The lowest BCUT2D eigenvalue weighted by molar-refractivity contribution is 0.288. The zero-order valence-electron chi connectivity index (χ0n) is 16.9. The van der Waals surface area contributed by atoms with Crippen molar-refractivity contribution in [2.75, 3.05) is 18.5 Å². The Morgan fingerprint density at radius 2 is 1.77 bits per heavy atom. The zero-order chi connectivity index (χ0) is 20.9. The van der Waals surface area contributed by atoms with Gasteiger partial charge in [-0.05, 0) is 55.8 Å². The van der Waals surface area contributed by atoms with Gasteiger partial charge in [0.2, 0.25) is 5.78 Å². The Hall–Kier alpha value is -3.61. The van der Waals surface area contributed by atoms with E-state index in [0.717, 1.165) is 22.6 Å². The Morgan fingerprint density at radius 3 is 2.53 bits per heavy atom. The third-order valence-corrected chi connectivity index (χ3v) is 4.59. The molecule has 0 saturated heterocycles. The highest BCUT2D eigenvalue weighted by molar-refractivity contribution is 5.77. The van der Waals surface area contributed by atoms with E-state index in [2.05, 4.69) is 10.3 Å². The molecule has 1 N–H and O–H groups in total. The van der Waals surface area contributed by atoms with Crippen LogP contribution in [0.3, 0.4) is 0 Å². The highest BCUT2D eigenvalue weighted by atomic mass is 19.1. The van der Waals surface area contributed by atoms with E-state index in [0.29, 0.717) is 37.0 Å². The summed E-state index contributed by atoms with van der Waals surface area (Å²) < 4.78 is 26.6. The standard InChI is InChI=1S/C23H23FN4O2/c1-3-29-19-11-8-17(14-20(19)30-4-2)21-22(28-13-5-12-25-23(28)27-21)26-15-16-6-9-18(24)10-7-16/h5-14,26H,3-4,15H2,1-2H3. The number of hydrogen-bond donors (Lipinski definition) is 1. The molecule has 4 aromatic rings. The normalized spacial score (nSPS) is 10.9. The van der Waals surface area contributed by atoms with Gasteiger partial charge in [-0.1, -0.05) is 12.1 Å². The lowest BCUT2D eigenvalue weighted by Gasteiger charge is -2.13. The lowest BCUT2D eigenvalue weighted by atomic mass is 10.1. The molecule has 0 atom stereocenters. The molecule has 2 aromatic carbocycles. The molecule has 154 valence electrons. The predicted molar refractivity (Wildman–Crippen MR) is 114 cm³/mol. The summed E-state index contributed by atoms with van der Waals surface area (Å²) in [6.45, 7) is 5.49. The van der Waals surface area contributed by atoms with Crippen LogP contribution in [-0.4, -0.2) is 27.6 Å². The first-order valence-corrected chi connectivity index (χ1v) is 9.91. The van der Waals surface area contributed by atoms with Gasteiger partial charge in [-0.15, -0.1) is 0 Å². The molecule has 7 heteroatoms. The molecule has 30 heavy (non-hydrogen) atoms. The number of halogens is 1. The van der Waals surface area contributed by atoms with Crippen LogP contribution in [0.1, 0.15) is 19.4 Å². The fourth-order valence-corrected chi connectivity index (χ4v) is 3.24. The molecule has 0 saturated carbocycles. The first kappa shape index (κ1) is 19.7. The van der Waals surface area contributed by atoms with Crippen LogP contribution in [0.5, 0.6) is 11.5 Å². The second-order valence-electron chi connectivity index (χ2n) is 6.61. The SMILES string of the molecule is CCOc1ccc(-c2nc3ncccn3c2NCc2ccc(F)cc2)cc1OCC. The lowest BCUT2D eigenvalue weighted by Crippen LogP contribution is -2.04. The van der Waals surface area contributed by atoms with Crippen LogP contribution >= 0.6 is 0 Å². The molecule has 0 aliphatic heterocycles. The first-order valence-electron chi connectivity index (χ1n) is 9.91. The third kappa shape index (κ3) is 4.05. The van der Waals surface area contributed by atoms with Crippen LogP contribution in [0, 0.1) is 5.82 Å². The minimum absolute atomic E-state index is 0.253. The molecule has 0 fully saturated rings. The molecule has 0 radical (unpaired) electrons. The Balaban J connectivity index is 1.74. The second-order valence-corrected chi connectivity index (χ2v) is 6.61. The third-order valence-electron chi connectivity index (χ3n) is 4.59.